The summed E-state index contributed by atoms with van der Waals surface area (Å²) in [5.74, 6) is 0.568. The van der Waals surface area contributed by atoms with Gasteiger partial charge in [-0.15, -0.1) is 0 Å². The fourth-order valence-electron chi connectivity index (χ4n) is 3.13. The van der Waals surface area contributed by atoms with E-state index in [-0.39, 0.29) is 18.4 Å². The van der Waals surface area contributed by atoms with Crippen LogP contribution in [0, 0.1) is 6.92 Å². The second-order valence-corrected chi connectivity index (χ2v) is 7.80. The van der Waals surface area contributed by atoms with E-state index in [1.807, 2.05) is 49.4 Å². The Kier molecular flexibility index (Phi) is 4.96. The number of carbonyl (C=O) groups excluding carboxylic acids is 2. The van der Waals surface area contributed by atoms with Gasteiger partial charge < -0.3 is 10.1 Å². The number of anilines is 2. The summed E-state index contributed by atoms with van der Waals surface area (Å²) in [6.07, 6.45) is 0. The Morgan fingerprint density at radius 1 is 1.15 bits per heavy atom. The number of hydrogen-bond acceptors (Lipinski definition) is 3. The fourth-order valence-corrected chi connectivity index (χ4v) is 3.13. The van der Waals surface area contributed by atoms with Crippen molar-refractivity contribution in [3.05, 3.63) is 53.6 Å². The lowest BCUT2D eigenvalue weighted by Gasteiger charge is -2.38. The number of amides is 2. The SMILES string of the molecule is Cc1ccc2c(c1)N(CC(=O)Nc1ccc(C(C)C)cc1)C(=O)C(C)(C)O2. The molecule has 0 aliphatic carbocycles. The molecule has 27 heavy (non-hydrogen) atoms. The van der Waals surface area contributed by atoms with E-state index in [0.717, 1.165) is 5.56 Å². The van der Waals surface area contributed by atoms with Crippen LogP contribution >= 0.6 is 0 Å². The molecule has 142 valence electrons. The molecule has 0 atom stereocenters. The molecule has 2 aromatic carbocycles. The second-order valence-electron chi connectivity index (χ2n) is 7.80. The van der Waals surface area contributed by atoms with Crippen molar-refractivity contribution in [3.63, 3.8) is 0 Å². The topological polar surface area (TPSA) is 58.6 Å². The van der Waals surface area contributed by atoms with Gasteiger partial charge in [0.05, 0.1) is 5.69 Å². The monoisotopic (exact) mass is 366 g/mol. The number of rotatable bonds is 4. The highest BCUT2D eigenvalue weighted by Gasteiger charge is 2.41. The minimum atomic E-state index is -1.01. The van der Waals surface area contributed by atoms with E-state index in [0.29, 0.717) is 23.0 Å². The highest BCUT2D eigenvalue weighted by atomic mass is 16.5. The second kappa shape index (κ2) is 7.06. The van der Waals surface area contributed by atoms with Crippen LogP contribution in [0.25, 0.3) is 0 Å². The van der Waals surface area contributed by atoms with Gasteiger partial charge in [0.15, 0.2) is 5.60 Å². The van der Waals surface area contributed by atoms with Crippen LogP contribution < -0.4 is 15.0 Å². The molecule has 1 N–H and O–H groups in total. The van der Waals surface area contributed by atoms with Crippen molar-refractivity contribution < 1.29 is 14.3 Å². The third-order valence-corrected chi connectivity index (χ3v) is 4.69. The Morgan fingerprint density at radius 2 is 1.81 bits per heavy atom. The predicted octanol–water partition coefficient (Wildman–Crippen LogP) is 4.26. The molecule has 5 nitrogen and oxygen atoms in total. The van der Waals surface area contributed by atoms with Crippen LogP contribution in [0.1, 0.15) is 44.7 Å². The van der Waals surface area contributed by atoms with Gasteiger partial charge in [0, 0.05) is 5.69 Å². The van der Waals surface area contributed by atoms with Crippen LogP contribution in [-0.4, -0.2) is 24.0 Å². The first-order valence-corrected chi connectivity index (χ1v) is 9.19. The lowest BCUT2D eigenvalue weighted by molar-refractivity contribution is -0.133. The van der Waals surface area contributed by atoms with Crippen molar-refractivity contribution in [2.24, 2.45) is 0 Å². The van der Waals surface area contributed by atoms with E-state index >= 15 is 0 Å². The molecule has 0 saturated heterocycles. The fraction of sp³-hybridized carbons (Fsp3) is 0.364. The maximum absolute atomic E-state index is 12.8. The van der Waals surface area contributed by atoms with Gasteiger partial charge in [0.25, 0.3) is 5.91 Å². The number of ether oxygens (including phenoxy) is 1. The summed E-state index contributed by atoms with van der Waals surface area (Å²) in [6.45, 7) is 9.56. The average molecular weight is 366 g/mol. The Hall–Kier alpha value is -2.82. The molecule has 0 fully saturated rings. The van der Waals surface area contributed by atoms with Crippen LogP contribution in [-0.2, 0) is 9.59 Å². The van der Waals surface area contributed by atoms with Crippen LogP contribution in [0.5, 0.6) is 5.75 Å². The van der Waals surface area contributed by atoms with Crippen molar-refractivity contribution >= 4 is 23.2 Å². The number of nitrogens with zero attached hydrogens (tertiary/aromatic N) is 1. The van der Waals surface area contributed by atoms with Crippen molar-refractivity contribution in [1.82, 2.24) is 0 Å². The van der Waals surface area contributed by atoms with Gasteiger partial charge in [-0.2, -0.15) is 0 Å². The van der Waals surface area contributed by atoms with Crippen molar-refractivity contribution in [2.45, 2.75) is 46.1 Å². The lowest BCUT2D eigenvalue weighted by Crippen LogP contribution is -2.54. The molecule has 2 amide bonds. The zero-order valence-corrected chi connectivity index (χ0v) is 16.5. The molecule has 0 bridgehead atoms. The minimum Gasteiger partial charge on any atom is -0.476 e. The Balaban J connectivity index is 1.80. The first kappa shape index (κ1) is 19.0. The first-order valence-electron chi connectivity index (χ1n) is 9.19. The molecule has 3 rings (SSSR count). The molecule has 1 aliphatic heterocycles. The van der Waals surface area contributed by atoms with Gasteiger partial charge in [0.2, 0.25) is 5.91 Å². The molecule has 0 saturated carbocycles. The Bertz CT molecular complexity index is 870. The molecule has 0 aromatic heterocycles. The van der Waals surface area contributed by atoms with E-state index in [1.165, 1.54) is 10.5 Å². The van der Waals surface area contributed by atoms with Gasteiger partial charge in [-0.05, 0) is 62.1 Å². The van der Waals surface area contributed by atoms with Crippen LogP contribution in [0.2, 0.25) is 0 Å². The number of aryl methyl sites for hydroxylation is 1. The third-order valence-electron chi connectivity index (χ3n) is 4.69. The Labute approximate surface area is 160 Å². The third kappa shape index (κ3) is 3.97. The minimum absolute atomic E-state index is 0.0615. The number of benzene rings is 2. The Morgan fingerprint density at radius 3 is 2.44 bits per heavy atom. The summed E-state index contributed by atoms with van der Waals surface area (Å²) in [5.41, 5.74) is 2.54. The zero-order chi connectivity index (χ0) is 19.8. The van der Waals surface area contributed by atoms with E-state index in [9.17, 15) is 9.59 Å². The molecule has 0 unspecified atom stereocenters. The van der Waals surface area contributed by atoms with Crippen molar-refractivity contribution in [1.29, 1.82) is 0 Å². The molecule has 1 aliphatic rings. The maximum Gasteiger partial charge on any atom is 0.271 e. The summed E-state index contributed by atoms with van der Waals surface area (Å²) in [7, 11) is 0. The van der Waals surface area contributed by atoms with Gasteiger partial charge >= 0.3 is 0 Å². The van der Waals surface area contributed by atoms with E-state index < -0.39 is 5.60 Å². The number of carbonyl (C=O) groups is 2. The summed E-state index contributed by atoms with van der Waals surface area (Å²) in [4.78, 5) is 27.0. The molecule has 2 aromatic rings. The quantitative estimate of drug-likeness (QED) is 0.879. The van der Waals surface area contributed by atoms with Gasteiger partial charge in [0.1, 0.15) is 12.3 Å². The summed E-state index contributed by atoms with van der Waals surface area (Å²) >= 11 is 0. The number of nitrogens with one attached hydrogen (secondary N) is 1. The van der Waals surface area contributed by atoms with E-state index in [2.05, 4.69) is 19.2 Å². The van der Waals surface area contributed by atoms with Crippen LogP contribution in [0.15, 0.2) is 42.5 Å². The maximum atomic E-state index is 12.8. The molecule has 5 heteroatoms. The summed E-state index contributed by atoms with van der Waals surface area (Å²) in [6, 6.07) is 13.4. The molecule has 0 spiro atoms. The van der Waals surface area contributed by atoms with E-state index in [4.69, 9.17) is 4.74 Å². The summed E-state index contributed by atoms with van der Waals surface area (Å²) in [5, 5.41) is 2.88. The van der Waals surface area contributed by atoms with Crippen LogP contribution in [0.4, 0.5) is 11.4 Å². The molecule has 0 radical (unpaired) electrons. The standard InChI is InChI=1S/C22H26N2O3/c1-14(2)16-7-9-17(10-8-16)23-20(25)13-24-18-12-15(3)6-11-19(18)27-22(4,5)21(24)26/h6-12,14H,13H2,1-5H3,(H,23,25). The normalized spacial score (nSPS) is 15.3. The number of hydrogen-bond donors (Lipinski definition) is 1. The van der Waals surface area contributed by atoms with Crippen molar-refractivity contribution in [2.75, 3.05) is 16.8 Å². The molecular formula is C22H26N2O3. The predicted molar refractivity (Wildman–Crippen MR) is 107 cm³/mol. The van der Waals surface area contributed by atoms with E-state index in [1.54, 1.807) is 13.8 Å². The lowest BCUT2D eigenvalue weighted by atomic mass is 10.0. The zero-order valence-electron chi connectivity index (χ0n) is 16.5. The smallest absolute Gasteiger partial charge is 0.271 e. The van der Waals surface area contributed by atoms with Crippen molar-refractivity contribution in [3.8, 4) is 5.75 Å². The largest absolute Gasteiger partial charge is 0.476 e. The number of fused-ring (bicyclic) bond motifs is 1. The van der Waals surface area contributed by atoms with Gasteiger partial charge in [-0.25, -0.2) is 0 Å². The van der Waals surface area contributed by atoms with Crippen LogP contribution in [0.3, 0.4) is 0 Å². The van der Waals surface area contributed by atoms with Gasteiger partial charge in [-0.1, -0.05) is 32.0 Å². The summed E-state index contributed by atoms with van der Waals surface area (Å²) < 4.78 is 5.83. The molecule has 1 heterocycles. The first-order chi connectivity index (χ1) is 12.7. The highest BCUT2D eigenvalue weighted by Crippen LogP contribution is 2.38. The van der Waals surface area contributed by atoms with Gasteiger partial charge in [-0.3, -0.25) is 14.5 Å². The molecular weight excluding hydrogens is 340 g/mol. The average Bonchev–Trinajstić information content (AvgIpc) is 2.60. The highest BCUT2D eigenvalue weighted by molar-refractivity contribution is 6.07.